The van der Waals surface area contributed by atoms with E-state index >= 15 is 0 Å². The summed E-state index contributed by atoms with van der Waals surface area (Å²) in [5, 5.41) is 4.85. The van der Waals surface area contributed by atoms with Gasteiger partial charge in [-0.1, -0.05) is 24.3 Å². The molecular weight excluding hydrogens is 425 g/mol. The second-order valence-electron chi connectivity index (χ2n) is 6.18. The van der Waals surface area contributed by atoms with Crippen LogP contribution >= 0.6 is 15.9 Å². The summed E-state index contributed by atoms with van der Waals surface area (Å²) < 4.78 is 13.8. The molecule has 0 spiro atoms. The van der Waals surface area contributed by atoms with Gasteiger partial charge in [-0.2, -0.15) is 0 Å². The number of hydrogen-bond acceptors (Lipinski definition) is 3. The highest BCUT2D eigenvalue weighted by Gasteiger charge is 2.15. The molecule has 3 rings (SSSR count). The van der Waals surface area contributed by atoms with E-state index in [9.17, 15) is 14.0 Å². The molecule has 1 heterocycles. The highest BCUT2D eigenvalue weighted by molar-refractivity contribution is 9.10. The molecule has 0 aliphatic carbocycles. The summed E-state index contributed by atoms with van der Waals surface area (Å²) in [6.07, 6.45) is 0. The van der Waals surface area contributed by atoms with Gasteiger partial charge in [0.15, 0.2) is 0 Å². The molecule has 3 amide bonds. The zero-order chi connectivity index (χ0) is 20.3. The van der Waals surface area contributed by atoms with E-state index in [2.05, 4.69) is 31.5 Å². The van der Waals surface area contributed by atoms with E-state index < -0.39 is 11.9 Å². The molecule has 28 heavy (non-hydrogen) atoms. The topological polar surface area (TPSA) is 71.1 Å². The largest absolute Gasteiger partial charge is 0.327 e. The summed E-state index contributed by atoms with van der Waals surface area (Å²) in [4.78, 5) is 28.8. The van der Waals surface area contributed by atoms with Crippen LogP contribution in [0.1, 0.15) is 21.6 Å². The Morgan fingerprint density at radius 1 is 1.04 bits per heavy atom. The summed E-state index contributed by atoms with van der Waals surface area (Å²) in [6.45, 7) is 3.68. The number of aromatic nitrogens is 1. The van der Waals surface area contributed by atoms with Crippen LogP contribution in [0.3, 0.4) is 0 Å². The van der Waals surface area contributed by atoms with Crippen molar-refractivity contribution in [2.24, 2.45) is 0 Å². The van der Waals surface area contributed by atoms with Crippen LogP contribution in [0.5, 0.6) is 0 Å². The van der Waals surface area contributed by atoms with E-state index in [0.717, 1.165) is 16.7 Å². The fourth-order valence-electron chi connectivity index (χ4n) is 2.91. The van der Waals surface area contributed by atoms with Crippen molar-refractivity contribution in [3.63, 3.8) is 0 Å². The molecular formula is C21H17BrFN3O2. The number of hydrogen-bond donors (Lipinski definition) is 2. The van der Waals surface area contributed by atoms with Crippen LogP contribution in [0.4, 0.5) is 15.0 Å². The molecule has 142 valence electrons. The summed E-state index contributed by atoms with van der Waals surface area (Å²) >= 11 is 3.28. The molecule has 0 bridgehead atoms. The minimum atomic E-state index is -0.679. The molecule has 0 saturated heterocycles. The van der Waals surface area contributed by atoms with Crippen LogP contribution < -0.4 is 10.6 Å². The van der Waals surface area contributed by atoms with E-state index in [1.54, 1.807) is 49.4 Å². The van der Waals surface area contributed by atoms with Crippen LogP contribution in [-0.2, 0) is 0 Å². The zero-order valence-corrected chi connectivity index (χ0v) is 16.8. The van der Waals surface area contributed by atoms with Gasteiger partial charge in [-0.05, 0) is 71.2 Å². The zero-order valence-electron chi connectivity index (χ0n) is 15.2. The van der Waals surface area contributed by atoms with Crippen molar-refractivity contribution in [2.45, 2.75) is 13.8 Å². The quantitative estimate of drug-likeness (QED) is 0.584. The van der Waals surface area contributed by atoms with Gasteiger partial charge in [-0.15, -0.1) is 0 Å². The molecule has 0 atom stereocenters. The van der Waals surface area contributed by atoms with Crippen molar-refractivity contribution in [3.05, 3.63) is 81.7 Å². The normalized spacial score (nSPS) is 10.4. The van der Waals surface area contributed by atoms with Gasteiger partial charge in [0.2, 0.25) is 0 Å². The van der Waals surface area contributed by atoms with E-state index in [1.807, 2.05) is 6.92 Å². The van der Waals surface area contributed by atoms with Gasteiger partial charge in [0.25, 0.3) is 5.91 Å². The molecule has 0 saturated carbocycles. The number of carbonyl (C=O) groups excluding carboxylic acids is 2. The van der Waals surface area contributed by atoms with E-state index in [0.29, 0.717) is 21.5 Å². The van der Waals surface area contributed by atoms with Gasteiger partial charge >= 0.3 is 6.03 Å². The number of imide groups is 1. The third-order valence-corrected chi connectivity index (χ3v) is 4.81. The van der Waals surface area contributed by atoms with Gasteiger partial charge < -0.3 is 0 Å². The fraction of sp³-hybridized carbons (Fsp3) is 0.0952. The van der Waals surface area contributed by atoms with Crippen LogP contribution in [0.25, 0.3) is 11.1 Å². The number of amides is 3. The SMILES string of the molecule is Cc1cc(NC(=O)NC(=O)c2ccccc2Br)nc(C)c1-c1ccc(F)cc1. The lowest BCUT2D eigenvalue weighted by molar-refractivity contribution is 0.0966. The Morgan fingerprint density at radius 2 is 1.71 bits per heavy atom. The minimum Gasteiger partial charge on any atom is -0.292 e. The Morgan fingerprint density at radius 3 is 2.36 bits per heavy atom. The third-order valence-electron chi connectivity index (χ3n) is 4.12. The van der Waals surface area contributed by atoms with Gasteiger partial charge in [0.05, 0.1) is 5.56 Å². The maximum absolute atomic E-state index is 13.2. The summed E-state index contributed by atoms with van der Waals surface area (Å²) in [5.41, 5.74) is 3.61. The lowest BCUT2D eigenvalue weighted by atomic mass is 9.99. The monoisotopic (exact) mass is 441 g/mol. The lowest BCUT2D eigenvalue weighted by Crippen LogP contribution is -2.34. The Labute approximate surface area is 170 Å². The molecule has 5 nitrogen and oxygen atoms in total. The molecule has 0 aliphatic rings. The number of urea groups is 1. The van der Waals surface area contributed by atoms with Crippen LogP contribution in [0.2, 0.25) is 0 Å². The number of carbonyl (C=O) groups is 2. The summed E-state index contributed by atoms with van der Waals surface area (Å²) in [5.74, 6) is -0.517. The number of nitrogens with zero attached hydrogens (tertiary/aromatic N) is 1. The molecule has 0 radical (unpaired) electrons. The van der Waals surface area contributed by atoms with Crippen molar-refractivity contribution in [2.75, 3.05) is 5.32 Å². The Balaban J connectivity index is 1.76. The predicted molar refractivity (Wildman–Crippen MR) is 110 cm³/mol. The first-order valence-corrected chi connectivity index (χ1v) is 9.25. The van der Waals surface area contributed by atoms with Crippen LogP contribution in [0.15, 0.2) is 59.1 Å². The number of rotatable bonds is 3. The number of benzene rings is 2. The van der Waals surface area contributed by atoms with Crippen molar-refractivity contribution in [1.29, 1.82) is 0 Å². The molecule has 0 fully saturated rings. The molecule has 3 aromatic rings. The van der Waals surface area contributed by atoms with Crippen LogP contribution in [0, 0.1) is 19.7 Å². The summed E-state index contributed by atoms with van der Waals surface area (Å²) in [6, 6.07) is 14.0. The summed E-state index contributed by atoms with van der Waals surface area (Å²) in [7, 11) is 0. The second-order valence-corrected chi connectivity index (χ2v) is 7.03. The van der Waals surface area contributed by atoms with Crippen LogP contribution in [-0.4, -0.2) is 16.9 Å². The third kappa shape index (κ3) is 4.43. The van der Waals surface area contributed by atoms with Gasteiger partial charge in [0, 0.05) is 15.7 Å². The fourth-order valence-corrected chi connectivity index (χ4v) is 3.38. The molecule has 1 aromatic heterocycles. The Kier molecular flexibility index (Phi) is 5.84. The van der Waals surface area contributed by atoms with Gasteiger partial charge in [-0.25, -0.2) is 14.2 Å². The molecule has 0 aliphatic heterocycles. The van der Waals surface area contributed by atoms with E-state index in [1.165, 1.54) is 12.1 Å². The van der Waals surface area contributed by atoms with Gasteiger partial charge in [-0.3, -0.25) is 15.4 Å². The minimum absolute atomic E-state index is 0.309. The van der Waals surface area contributed by atoms with Crippen molar-refractivity contribution >= 4 is 33.7 Å². The highest BCUT2D eigenvalue weighted by atomic mass is 79.9. The lowest BCUT2D eigenvalue weighted by Gasteiger charge is -2.13. The van der Waals surface area contributed by atoms with Crippen molar-refractivity contribution < 1.29 is 14.0 Å². The number of anilines is 1. The standard InChI is InChI=1S/C21H17BrFN3O2/c1-12-11-18(24-13(2)19(12)14-7-9-15(23)10-8-14)25-21(28)26-20(27)16-5-3-4-6-17(16)22/h3-11H,1-2H3,(H2,24,25,26,27,28). The maximum Gasteiger partial charge on any atom is 0.327 e. The first-order chi connectivity index (χ1) is 13.3. The average Bonchev–Trinajstić information content (AvgIpc) is 2.63. The number of pyridine rings is 1. The molecule has 2 aromatic carbocycles. The Hall–Kier alpha value is -3.06. The van der Waals surface area contributed by atoms with Crippen molar-refractivity contribution in [3.8, 4) is 11.1 Å². The Bertz CT molecular complexity index is 1030. The molecule has 7 heteroatoms. The number of halogens is 2. The van der Waals surface area contributed by atoms with E-state index in [4.69, 9.17) is 0 Å². The van der Waals surface area contributed by atoms with Gasteiger partial charge in [0.1, 0.15) is 11.6 Å². The number of aryl methyl sites for hydroxylation is 2. The average molecular weight is 442 g/mol. The predicted octanol–water partition coefficient (Wildman–Crippen LogP) is 5.23. The molecule has 0 unspecified atom stereocenters. The van der Waals surface area contributed by atoms with E-state index in [-0.39, 0.29) is 5.82 Å². The first-order valence-electron chi connectivity index (χ1n) is 8.46. The first kappa shape index (κ1) is 19.7. The molecule has 2 N–H and O–H groups in total. The van der Waals surface area contributed by atoms with Crippen molar-refractivity contribution in [1.82, 2.24) is 10.3 Å². The smallest absolute Gasteiger partial charge is 0.292 e. The number of nitrogens with one attached hydrogen (secondary N) is 2. The highest BCUT2D eigenvalue weighted by Crippen LogP contribution is 2.28. The second kappa shape index (κ2) is 8.31. The maximum atomic E-state index is 13.2.